The van der Waals surface area contributed by atoms with Gasteiger partial charge in [-0.15, -0.1) is 0 Å². The van der Waals surface area contributed by atoms with Crippen LogP contribution in [0.15, 0.2) is 30.6 Å². The lowest BCUT2D eigenvalue weighted by Gasteiger charge is -2.13. The van der Waals surface area contributed by atoms with Crippen LogP contribution in [0.2, 0.25) is 0 Å². The van der Waals surface area contributed by atoms with Gasteiger partial charge in [0.05, 0.1) is 27.2 Å². The van der Waals surface area contributed by atoms with E-state index in [4.69, 9.17) is 10.5 Å². The second kappa shape index (κ2) is 4.95. The van der Waals surface area contributed by atoms with Gasteiger partial charge in [0, 0.05) is 12.3 Å². The second-order valence-corrected chi connectivity index (χ2v) is 5.24. The number of nitrogens with zero attached hydrogens (tertiary/aromatic N) is 2. The van der Waals surface area contributed by atoms with Gasteiger partial charge in [0.25, 0.3) is 0 Å². The zero-order chi connectivity index (χ0) is 12.4. The molecule has 2 aromatic rings. The first-order valence-corrected chi connectivity index (χ1v) is 6.41. The Morgan fingerprint density at radius 1 is 1.41 bits per heavy atom. The van der Waals surface area contributed by atoms with E-state index in [1.807, 2.05) is 38.2 Å². The number of nitrogens with two attached hydrogens (primary N) is 1. The SMILES string of the molecule is CC(C)Oc1cc(-n2cc(I)cn2)ccc1N. The number of rotatable bonds is 3. The number of anilines is 1. The van der Waals surface area contributed by atoms with E-state index < -0.39 is 0 Å². The van der Waals surface area contributed by atoms with E-state index in [1.54, 1.807) is 10.9 Å². The predicted octanol–water partition coefficient (Wildman–Crippen LogP) is 2.85. The van der Waals surface area contributed by atoms with Crippen molar-refractivity contribution in [2.45, 2.75) is 20.0 Å². The highest BCUT2D eigenvalue weighted by atomic mass is 127. The largest absolute Gasteiger partial charge is 0.489 e. The Balaban J connectivity index is 2.36. The first-order valence-electron chi connectivity index (χ1n) is 5.33. The second-order valence-electron chi connectivity index (χ2n) is 3.99. The highest BCUT2D eigenvalue weighted by Crippen LogP contribution is 2.25. The zero-order valence-electron chi connectivity index (χ0n) is 9.72. The number of hydrogen-bond acceptors (Lipinski definition) is 3. The van der Waals surface area contributed by atoms with Gasteiger partial charge in [-0.1, -0.05) is 0 Å². The van der Waals surface area contributed by atoms with E-state index in [2.05, 4.69) is 27.7 Å². The lowest BCUT2D eigenvalue weighted by Crippen LogP contribution is -2.08. The topological polar surface area (TPSA) is 53.1 Å². The Bertz CT molecular complexity index is 522. The predicted molar refractivity (Wildman–Crippen MR) is 76.5 cm³/mol. The van der Waals surface area contributed by atoms with E-state index in [1.165, 1.54) is 0 Å². The Labute approximate surface area is 114 Å². The zero-order valence-corrected chi connectivity index (χ0v) is 11.9. The number of benzene rings is 1. The number of halogens is 1. The first-order chi connectivity index (χ1) is 8.06. The lowest BCUT2D eigenvalue weighted by molar-refractivity contribution is 0.244. The summed E-state index contributed by atoms with van der Waals surface area (Å²) in [6.07, 6.45) is 3.86. The van der Waals surface area contributed by atoms with Gasteiger partial charge in [-0.25, -0.2) is 4.68 Å². The van der Waals surface area contributed by atoms with Crippen molar-refractivity contribution in [1.82, 2.24) is 9.78 Å². The number of aromatic nitrogens is 2. The molecular formula is C12H14IN3O. The standard InChI is InChI=1S/C12H14IN3O/c1-8(2)17-12-5-10(3-4-11(12)14)16-7-9(13)6-15-16/h3-8H,14H2,1-2H3. The van der Waals surface area contributed by atoms with E-state index in [0.29, 0.717) is 11.4 Å². The van der Waals surface area contributed by atoms with Crippen molar-refractivity contribution in [3.8, 4) is 11.4 Å². The fourth-order valence-electron chi connectivity index (χ4n) is 1.46. The van der Waals surface area contributed by atoms with E-state index in [9.17, 15) is 0 Å². The number of nitrogen functional groups attached to an aromatic ring is 1. The maximum Gasteiger partial charge on any atom is 0.144 e. The molecule has 0 aliphatic heterocycles. The van der Waals surface area contributed by atoms with E-state index >= 15 is 0 Å². The van der Waals surface area contributed by atoms with Crippen LogP contribution in [0.3, 0.4) is 0 Å². The minimum Gasteiger partial charge on any atom is -0.489 e. The van der Waals surface area contributed by atoms with Crippen LogP contribution in [-0.2, 0) is 0 Å². The minimum atomic E-state index is 0.102. The van der Waals surface area contributed by atoms with E-state index in [-0.39, 0.29) is 6.10 Å². The summed E-state index contributed by atoms with van der Waals surface area (Å²) in [7, 11) is 0. The maximum absolute atomic E-state index is 5.86. The molecule has 1 heterocycles. The molecule has 90 valence electrons. The van der Waals surface area contributed by atoms with Gasteiger partial charge in [-0.05, 0) is 48.6 Å². The van der Waals surface area contributed by atoms with Gasteiger partial charge >= 0.3 is 0 Å². The Kier molecular flexibility index (Phi) is 3.56. The van der Waals surface area contributed by atoms with Gasteiger partial charge < -0.3 is 10.5 Å². The fourth-order valence-corrected chi connectivity index (χ4v) is 1.85. The highest BCUT2D eigenvalue weighted by molar-refractivity contribution is 14.1. The molecule has 0 saturated heterocycles. The van der Waals surface area contributed by atoms with Crippen LogP contribution in [0.5, 0.6) is 5.75 Å². The summed E-state index contributed by atoms with van der Waals surface area (Å²) in [5, 5.41) is 4.25. The molecule has 0 amide bonds. The molecule has 0 unspecified atom stereocenters. The van der Waals surface area contributed by atoms with Crippen LogP contribution < -0.4 is 10.5 Å². The molecule has 17 heavy (non-hydrogen) atoms. The van der Waals surface area contributed by atoms with E-state index in [0.717, 1.165) is 9.26 Å². The molecule has 0 aliphatic rings. The van der Waals surface area contributed by atoms with Crippen molar-refractivity contribution in [3.63, 3.8) is 0 Å². The van der Waals surface area contributed by atoms with Crippen LogP contribution in [0.4, 0.5) is 5.69 Å². The van der Waals surface area contributed by atoms with Crippen LogP contribution >= 0.6 is 22.6 Å². The summed E-state index contributed by atoms with van der Waals surface area (Å²) >= 11 is 2.22. The fraction of sp³-hybridized carbons (Fsp3) is 0.250. The molecule has 0 fully saturated rings. The molecule has 0 spiro atoms. The van der Waals surface area contributed by atoms with Crippen molar-refractivity contribution in [3.05, 3.63) is 34.2 Å². The lowest BCUT2D eigenvalue weighted by atomic mass is 10.2. The summed E-state index contributed by atoms with van der Waals surface area (Å²) < 4.78 is 8.53. The van der Waals surface area contributed by atoms with Gasteiger partial charge in [-0.3, -0.25) is 0 Å². The van der Waals surface area contributed by atoms with Crippen molar-refractivity contribution in [2.75, 3.05) is 5.73 Å². The Morgan fingerprint density at radius 3 is 2.76 bits per heavy atom. The van der Waals surface area contributed by atoms with Crippen molar-refractivity contribution in [1.29, 1.82) is 0 Å². The third-order valence-electron chi connectivity index (χ3n) is 2.18. The summed E-state index contributed by atoms with van der Waals surface area (Å²) in [6.45, 7) is 3.95. The molecule has 2 rings (SSSR count). The summed E-state index contributed by atoms with van der Waals surface area (Å²) in [4.78, 5) is 0. The molecule has 5 heteroatoms. The molecule has 2 N–H and O–H groups in total. The summed E-state index contributed by atoms with van der Waals surface area (Å²) in [6, 6.07) is 5.66. The summed E-state index contributed by atoms with van der Waals surface area (Å²) in [5.41, 5.74) is 7.45. The quantitative estimate of drug-likeness (QED) is 0.689. The van der Waals surface area contributed by atoms with Crippen LogP contribution in [0.25, 0.3) is 5.69 Å². The van der Waals surface area contributed by atoms with Crippen LogP contribution in [-0.4, -0.2) is 15.9 Å². The highest BCUT2D eigenvalue weighted by Gasteiger charge is 2.06. The molecule has 0 atom stereocenters. The van der Waals surface area contributed by atoms with Crippen LogP contribution in [0, 0.1) is 3.57 Å². The number of ether oxygens (including phenoxy) is 1. The third-order valence-corrected chi connectivity index (χ3v) is 2.73. The number of hydrogen-bond donors (Lipinski definition) is 1. The molecule has 0 radical (unpaired) electrons. The molecule has 4 nitrogen and oxygen atoms in total. The van der Waals surface area contributed by atoms with Gasteiger partial charge in [0.2, 0.25) is 0 Å². The normalized spacial score (nSPS) is 10.8. The van der Waals surface area contributed by atoms with Crippen molar-refractivity contribution in [2.24, 2.45) is 0 Å². The Morgan fingerprint density at radius 2 is 2.18 bits per heavy atom. The third kappa shape index (κ3) is 2.91. The maximum atomic E-state index is 5.86. The molecular weight excluding hydrogens is 329 g/mol. The van der Waals surface area contributed by atoms with Gasteiger partial charge in [-0.2, -0.15) is 5.10 Å². The average molecular weight is 343 g/mol. The van der Waals surface area contributed by atoms with Crippen LogP contribution in [0.1, 0.15) is 13.8 Å². The monoisotopic (exact) mass is 343 g/mol. The minimum absolute atomic E-state index is 0.102. The molecule has 0 bridgehead atoms. The molecule has 1 aromatic heterocycles. The molecule has 0 aliphatic carbocycles. The average Bonchev–Trinajstić information content (AvgIpc) is 2.67. The molecule has 1 aromatic carbocycles. The van der Waals surface area contributed by atoms with Gasteiger partial charge in [0.1, 0.15) is 5.75 Å². The first kappa shape index (κ1) is 12.2. The smallest absolute Gasteiger partial charge is 0.144 e. The summed E-state index contributed by atoms with van der Waals surface area (Å²) in [5.74, 6) is 0.697. The van der Waals surface area contributed by atoms with Crippen molar-refractivity contribution >= 4 is 28.3 Å². The molecule has 0 saturated carbocycles. The van der Waals surface area contributed by atoms with Crippen molar-refractivity contribution < 1.29 is 4.74 Å². The Hall–Kier alpha value is -1.24. The van der Waals surface area contributed by atoms with Gasteiger partial charge in [0.15, 0.2) is 0 Å².